The van der Waals surface area contributed by atoms with Gasteiger partial charge in [-0.25, -0.2) is 0 Å². The van der Waals surface area contributed by atoms with E-state index in [-0.39, 0.29) is 0 Å². The highest BCUT2D eigenvalue weighted by Crippen LogP contribution is 2.21. The summed E-state index contributed by atoms with van der Waals surface area (Å²) < 4.78 is 5.73. The van der Waals surface area contributed by atoms with Gasteiger partial charge in [0.1, 0.15) is 5.75 Å². The second-order valence-electron chi connectivity index (χ2n) is 3.84. The van der Waals surface area contributed by atoms with Crippen molar-refractivity contribution in [2.45, 2.75) is 13.8 Å². The molecule has 1 atom stereocenters. The molecule has 0 saturated carbocycles. The van der Waals surface area contributed by atoms with Crippen LogP contribution in [0.2, 0.25) is 0 Å². The smallest absolute Gasteiger partial charge is 0.128 e. The molecule has 0 aromatic heterocycles. The first-order valence-electron chi connectivity index (χ1n) is 5.00. The lowest BCUT2D eigenvalue weighted by Gasteiger charge is -2.17. The first kappa shape index (κ1) is 9.25. The van der Waals surface area contributed by atoms with Gasteiger partial charge in [-0.2, -0.15) is 0 Å². The molecule has 2 heteroatoms. The molecule has 0 spiro atoms. The Morgan fingerprint density at radius 1 is 1.36 bits per heavy atom. The fraction of sp³-hybridized carbons (Fsp3) is 0.417. The Balaban J connectivity index is 2.40. The topological polar surface area (TPSA) is 21.6 Å². The first-order chi connectivity index (χ1) is 6.77. The van der Waals surface area contributed by atoms with Crippen LogP contribution in [0.5, 0.6) is 5.75 Å². The van der Waals surface area contributed by atoms with Crippen LogP contribution in [-0.4, -0.2) is 18.9 Å². The third-order valence-electron chi connectivity index (χ3n) is 2.44. The van der Waals surface area contributed by atoms with Crippen LogP contribution in [0.15, 0.2) is 29.3 Å². The number of para-hydroxylation sites is 1. The summed E-state index contributed by atoms with van der Waals surface area (Å²) in [6.07, 6.45) is 0. The Labute approximate surface area is 84.6 Å². The van der Waals surface area contributed by atoms with E-state index >= 15 is 0 Å². The number of aliphatic imine (C=N–C) groups is 1. The van der Waals surface area contributed by atoms with Crippen molar-refractivity contribution < 1.29 is 4.74 Å². The van der Waals surface area contributed by atoms with Crippen LogP contribution in [0.4, 0.5) is 0 Å². The van der Waals surface area contributed by atoms with Crippen LogP contribution in [0, 0.1) is 5.92 Å². The van der Waals surface area contributed by atoms with Gasteiger partial charge in [0, 0.05) is 23.7 Å². The molecule has 14 heavy (non-hydrogen) atoms. The SMILES string of the molecule is C/C1=N/CC(C)COc2ccccc21. The number of ether oxygens (including phenoxy) is 1. The summed E-state index contributed by atoms with van der Waals surface area (Å²) in [5, 5.41) is 0. The maximum absolute atomic E-state index is 5.73. The molecular formula is C12H15NO. The van der Waals surface area contributed by atoms with Crippen LogP contribution in [0.25, 0.3) is 0 Å². The molecule has 0 fully saturated rings. The molecule has 2 rings (SSSR count). The van der Waals surface area contributed by atoms with Crippen molar-refractivity contribution in [3.05, 3.63) is 29.8 Å². The maximum Gasteiger partial charge on any atom is 0.128 e. The molecule has 1 heterocycles. The van der Waals surface area contributed by atoms with Crippen molar-refractivity contribution in [2.24, 2.45) is 10.9 Å². The van der Waals surface area contributed by atoms with Gasteiger partial charge in [-0.3, -0.25) is 4.99 Å². The molecule has 2 nitrogen and oxygen atoms in total. The molecule has 0 N–H and O–H groups in total. The lowest BCUT2D eigenvalue weighted by Crippen LogP contribution is -2.16. The lowest BCUT2D eigenvalue weighted by molar-refractivity contribution is 0.262. The zero-order chi connectivity index (χ0) is 9.97. The molecule has 1 aliphatic heterocycles. The van der Waals surface area contributed by atoms with E-state index < -0.39 is 0 Å². The summed E-state index contributed by atoms with van der Waals surface area (Å²) in [4.78, 5) is 4.54. The molecule has 0 bridgehead atoms. The van der Waals surface area contributed by atoms with Gasteiger partial charge in [-0.1, -0.05) is 19.1 Å². The van der Waals surface area contributed by atoms with E-state index in [2.05, 4.69) is 18.0 Å². The van der Waals surface area contributed by atoms with Gasteiger partial charge in [0.05, 0.1) is 6.61 Å². The Morgan fingerprint density at radius 3 is 3.00 bits per heavy atom. The normalized spacial score (nSPS) is 25.0. The van der Waals surface area contributed by atoms with Crippen molar-refractivity contribution in [3.8, 4) is 5.75 Å². The highest BCUT2D eigenvalue weighted by molar-refractivity contribution is 6.01. The highest BCUT2D eigenvalue weighted by atomic mass is 16.5. The van der Waals surface area contributed by atoms with Crippen LogP contribution in [0.1, 0.15) is 19.4 Å². The minimum atomic E-state index is 0.498. The van der Waals surface area contributed by atoms with Crippen molar-refractivity contribution >= 4 is 5.71 Å². The number of fused-ring (bicyclic) bond motifs is 1. The standard InChI is InChI=1S/C12H15NO/c1-9-7-13-10(2)11-5-3-4-6-12(11)14-8-9/h3-6,9H,7-8H2,1-2H3/b13-10-. The summed E-state index contributed by atoms with van der Waals surface area (Å²) in [6.45, 7) is 5.82. The molecule has 1 aromatic carbocycles. The summed E-state index contributed by atoms with van der Waals surface area (Å²) in [5.74, 6) is 1.46. The Kier molecular flexibility index (Phi) is 2.53. The number of nitrogens with zero attached hydrogens (tertiary/aromatic N) is 1. The average molecular weight is 189 g/mol. The number of benzene rings is 1. The predicted molar refractivity (Wildman–Crippen MR) is 58.2 cm³/mol. The largest absolute Gasteiger partial charge is 0.493 e. The van der Waals surface area contributed by atoms with Crippen molar-refractivity contribution in [2.75, 3.05) is 13.2 Å². The average Bonchev–Trinajstić information content (AvgIpc) is 2.21. The molecule has 74 valence electrons. The summed E-state index contributed by atoms with van der Waals surface area (Å²) in [5.41, 5.74) is 2.20. The number of hydrogen-bond donors (Lipinski definition) is 0. The monoisotopic (exact) mass is 189 g/mol. The molecule has 0 radical (unpaired) electrons. The number of rotatable bonds is 0. The van der Waals surface area contributed by atoms with Gasteiger partial charge in [0.25, 0.3) is 0 Å². The van der Waals surface area contributed by atoms with E-state index in [4.69, 9.17) is 4.74 Å². The van der Waals surface area contributed by atoms with Gasteiger partial charge in [-0.05, 0) is 19.1 Å². The highest BCUT2D eigenvalue weighted by Gasteiger charge is 2.11. The quantitative estimate of drug-likeness (QED) is 0.614. The maximum atomic E-state index is 5.73. The van der Waals surface area contributed by atoms with E-state index in [0.29, 0.717) is 5.92 Å². The van der Waals surface area contributed by atoms with Crippen LogP contribution >= 0.6 is 0 Å². The van der Waals surface area contributed by atoms with Gasteiger partial charge in [0.2, 0.25) is 0 Å². The third-order valence-corrected chi connectivity index (χ3v) is 2.44. The minimum absolute atomic E-state index is 0.498. The van der Waals surface area contributed by atoms with E-state index in [1.54, 1.807) is 0 Å². The third kappa shape index (κ3) is 1.79. The second kappa shape index (κ2) is 3.82. The first-order valence-corrected chi connectivity index (χ1v) is 5.00. The van der Waals surface area contributed by atoms with Crippen molar-refractivity contribution in [1.29, 1.82) is 0 Å². The molecule has 1 aromatic rings. The van der Waals surface area contributed by atoms with E-state index in [1.165, 1.54) is 0 Å². The van der Waals surface area contributed by atoms with Crippen molar-refractivity contribution in [3.63, 3.8) is 0 Å². The van der Waals surface area contributed by atoms with E-state index in [0.717, 1.165) is 30.2 Å². The molecule has 1 aliphatic rings. The molecule has 1 unspecified atom stereocenters. The van der Waals surface area contributed by atoms with Crippen LogP contribution in [0.3, 0.4) is 0 Å². The fourth-order valence-electron chi connectivity index (χ4n) is 1.55. The summed E-state index contributed by atoms with van der Waals surface area (Å²) in [6, 6.07) is 8.08. The molecular weight excluding hydrogens is 174 g/mol. The van der Waals surface area contributed by atoms with Gasteiger partial charge in [0.15, 0.2) is 0 Å². The Morgan fingerprint density at radius 2 is 2.14 bits per heavy atom. The zero-order valence-corrected chi connectivity index (χ0v) is 8.66. The second-order valence-corrected chi connectivity index (χ2v) is 3.84. The van der Waals surface area contributed by atoms with Crippen LogP contribution in [-0.2, 0) is 0 Å². The van der Waals surface area contributed by atoms with Crippen molar-refractivity contribution in [1.82, 2.24) is 0 Å². The molecule has 0 aliphatic carbocycles. The summed E-state index contributed by atoms with van der Waals surface area (Å²) in [7, 11) is 0. The predicted octanol–water partition coefficient (Wildman–Crippen LogP) is 2.52. The van der Waals surface area contributed by atoms with Gasteiger partial charge >= 0.3 is 0 Å². The summed E-state index contributed by atoms with van der Waals surface area (Å²) >= 11 is 0. The number of hydrogen-bond acceptors (Lipinski definition) is 2. The Bertz CT molecular complexity index is 357. The molecule has 0 amide bonds. The zero-order valence-electron chi connectivity index (χ0n) is 8.66. The van der Waals surface area contributed by atoms with Gasteiger partial charge < -0.3 is 4.74 Å². The van der Waals surface area contributed by atoms with Crippen LogP contribution < -0.4 is 4.74 Å². The van der Waals surface area contributed by atoms with E-state index in [1.807, 2.05) is 25.1 Å². The minimum Gasteiger partial charge on any atom is -0.493 e. The lowest BCUT2D eigenvalue weighted by atomic mass is 10.1. The fourth-order valence-corrected chi connectivity index (χ4v) is 1.55. The van der Waals surface area contributed by atoms with Gasteiger partial charge in [-0.15, -0.1) is 0 Å². The Hall–Kier alpha value is -1.31. The van der Waals surface area contributed by atoms with E-state index in [9.17, 15) is 0 Å². The molecule has 0 saturated heterocycles.